The van der Waals surface area contributed by atoms with Crippen molar-refractivity contribution in [2.24, 2.45) is 0 Å². The lowest BCUT2D eigenvalue weighted by atomic mass is 10.1. The van der Waals surface area contributed by atoms with Gasteiger partial charge in [0.25, 0.3) is 0 Å². The molecular formula is C12H20ClNO2. The van der Waals surface area contributed by atoms with E-state index in [-0.39, 0.29) is 24.7 Å². The van der Waals surface area contributed by atoms with Crippen LogP contribution in [0.1, 0.15) is 19.4 Å². The Hall–Kier alpha value is -0.610. The second-order valence-corrected chi connectivity index (χ2v) is 3.85. The molecule has 0 radical (unpaired) electrons. The lowest BCUT2D eigenvalue weighted by molar-refractivity contribution is -0.224. The fourth-order valence-corrected chi connectivity index (χ4v) is 1.43. The molecule has 0 amide bonds. The molecule has 0 saturated heterocycles. The number of hydroxylamine groups is 2. The highest BCUT2D eigenvalue weighted by Gasteiger charge is 2.18. The van der Waals surface area contributed by atoms with E-state index in [1.54, 1.807) is 7.11 Å². The van der Waals surface area contributed by atoms with Gasteiger partial charge in [0.15, 0.2) is 0 Å². The van der Waals surface area contributed by atoms with Crippen LogP contribution in [0.25, 0.3) is 0 Å². The highest BCUT2D eigenvalue weighted by atomic mass is 35.5. The van der Waals surface area contributed by atoms with E-state index in [4.69, 9.17) is 4.74 Å². The molecule has 0 spiro atoms. The van der Waals surface area contributed by atoms with Gasteiger partial charge in [-0.05, 0) is 19.4 Å². The van der Waals surface area contributed by atoms with Crippen LogP contribution < -0.4 is 0 Å². The summed E-state index contributed by atoms with van der Waals surface area (Å²) >= 11 is 0. The van der Waals surface area contributed by atoms with Gasteiger partial charge in [0.05, 0.1) is 0 Å². The molecular weight excluding hydrogens is 226 g/mol. The van der Waals surface area contributed by atoms with Crippen molar-refractivity contribution < 1.29 is 9.94 Å². The molecule has 1 N–H and O–H groups in total. The summed E-state index contributed by atoms with van der Waals surface area (Å²) in [6.07, 6.45) is 0.402. The van der Waals surface area contributed by atoms with E-state index >= 15 is 0 Å². The Bertz CT molecular complexity index is 280. The number of methoxy groups -OCH3 is 1. The van der Waals surface area contributed by atoms with Crippen molar-refractivity contribution in [2.75, 3.05) is 7.11 Å². The molecule has 0 saturated carbocycles. The zero-order chi connectivity index (χ0) is 11.3. The van der Waals surface area contributed by atoms with Crippen LogP contribution >= 0.6 is 12.4 Å². The summed E-state index contributed by atoms with van der Waals surface area (Å²) in [5, 5.41) is 11.0. The van der Waals surface area contributed by atoms with E-state index in [0.29, 0.717) is 6.42 Å². The molecule has 0 aliphatic carbocycles. The predicted molar refractivity (Wildman–Crippen MR) is 67.0 cm³/mol. The number of hydrogen-bond acceptors (Lipinski definition) is 3. The van der Waals surface area contributed by atoms with E-state index in [9.17, 15) is 5.21 Å². The molecule has 0 bridgehead atoms. The van der Waals surface area contributed by atoms with E-state index < -0.39 is 0 Å². The molecule has 1 rings (SSSR count). The van der Waals surface area contributed by atoms with Gasteiger partial charge in [0.2, 0.25) is 0 Å². The van der Waals surface area contributed by atoms with Crippen molar-refractivity contribution in [1.29, 1.82) is 0 Å². The molecule has 3 nitrogen and oxygen atoms in total. The van der Waals surface area contributed by atoms with Crippen molar-refractivity contribution in [2.45, 2.75) is 32.5 Å². The van der Waals surface area contributed by atoms with Gasteiger partial charge in [-0.15, -0.1) is 12.4 Å². The lowest BCUT2D eigenvalue weighted by Crippen LogP contribution is -2.40. The first-order valence-corrected chi connectivity index (χ1v) is 5.19. The minimum absolute atomic E-state index is 0. The Balaban J connectivity index is 0.00000225. The Morgan fingerprint density at radius 2 is 1.81 bits per heavy atom. The van der Waals surface area contributed by atoms with Gasteiger partial charge in [-0.1, -0.05) is 30.3 Å². The highest BCUT2D eigenvalue weighted by Crippen LogP contribution is 2.10. The highest BCUT2D eigenvalue weighted by molar-refractivity contribution is 5.85. The van der Waals surface area contributed by atoms with Crippen molar-refractivity contribution >= 4 is 12.4 Å². The second-order valence-electron chi connectivity index (χ2n) is 3.85. The Morgan fingerprint density at radius 1 is 1.25 bits per heavy atom. The molecule has 0 fully saturated rings. The number of nitrogens with zero attached hydrogens (tertiary/aromatic N) is 1. The number of halogens is 1. The van der Waals surface area contributed by atoms with Gasteiger partial charge in [-0.3, -0.25) is 0 Å². The maximum absolute atomic E-state index is 9.76. The molecule has 0 aliphatic heterocycles. The third-order valence-corrected chi connectivity index (χ3v) is 2.35. The fraction of sp³-hybridized carbons (Fsp3) is 0.500. The summed E-state index contributed by atoms with van der Waals surface area (Å²) in [5.41, 5.74) is 1.16. The molecule has 16 heavy (non-hydrogen) atoms. The van der Waals surface area contributed by atoms with Crippen molar-refractivity contribution in [3.63, 3.8) is 0 Å². The minimum Gasteiger partial charge on any atom is -0.364 e. The maximum atomic E-state index is 9.76. The standard InChI is InChI=1S/C12H19NO2.ClH/c1-10(2)13(14)12(15-3)9-11-7-5-4-6-8-11;/h4-8,10,12,14H,9H2,1-3H3;1H. The zero-order valence-electron chi connectivity index (χ0n) is 9.96. The van der Waals surface area contributed by atoms with Crippen LogP contribution in [-0.2, 0) is 11.2 Å². The van der Waals surface area contributed by atoms with Gasteiger partial charge in [-0.2, -0.15) is 5.06 Å². The fourth-order valence-electron chi connectivity index (χ4n) is 1.43. The monoisotopic (exact) mass is 245 g/mol. The molecule has 1 aromatic carbocycles. The van der Waals surface area contributed by atoms with E-state index in [2.05, 4.69) is 0 Å². The topological polar surface area (TPSA) is 32.7 Å². The summed E-state index contributed by atoms with van der Waals surface area (Å²) in [4.78, 5) is 0. The predicted octanol–water partition coefficient (Wildman–Crippen LogP) is 2.72. The zero-order valence-corrected chi connectivity index (χ0v) is 10.8. The van der Waals surface area contributed by atoms with E-state index in [1.807, 2.05) is 44.2 Å². The van der Waals surface area contributed by atoms with Crippen LogP contribution in [0.2, 0.25) is 0 Å². The summed E-state index contributed by atoms with van der Waals surface area (Å²) in [7, 11) is 1.61. The van der Waals surface area contributed by atoms with Crippen LogP contribution in [0.4, 0.5) is 0 Å². The normalized spacial score (nSPS) is 12.6. The Morgan fingerprint density at radius 3 is 2.25 bits per heavy atom. The van der Waals surface area contributed by atoms with Crippen LogP contribution in [0.3, 0.4) is 0 Å². The van der Waals surface area contributed by atoms with Gasteiger partial charge < -0.3 is 9.94 Å². The molecule has 0 aliphatic rings. The minimum atomic E-state index is -0.285. The molecule has 1 atom stereocenters. The molecule has 4 heteroatoms. The molecule has 1 aromatic rings. The van der Waals surface area contributed by atoms with Crippen molar-refractivity contribution in [1.82, 2.24) is 5.06 Å². The van der Waals surface area contributed by atoms with Crippen LogP contribution in [0, 0.1) is 0 Å². The molecule has 1 unspecified atom stereocenters. The summed E-state index contributed by atoms with van der Waals surface area (Å²) in [5.74, 6) is 0. The SMILES string of the molecule is COC(Cc1ccccc1)N(O)C(C)C.Cl. The number of ether oxygens (including phenoxy) is 1. The first-order valence-electron chi connectivity index (χ1n) is 5.19. The number of hydrogen-bond donors (Lipinski definition) is 1. The van der Waals surface area contributed by atoms with Gasteiger partial charge in [0.1, 0.15) is 6.23 Å². The summed E-state index contributed by atoms with van der Waals surface area (Å²) in [6, 6.07) is 10.1. The van der Waals surface area contributed by atoms with Gasteiger partial charge in [0, 0.05) is 19.6 Å². The van der Waals surface area contributed by atoms with E-state index in [0.717, 1.165) is 5.56 Å². The average molecular weight is 246 g/mol. The Kier molecular flexibility index (Phi) is 7.34. The van der Waals surface area contributed by atoms with Crippen LogP contribution in [0.5, 0.6) is 0 Å². The first kappa shape index (κ1) is 15.4. The molecule has 92 valence electrons. The molecule has 0 heterocycles. The quantitative estimate of drug-likeness (QED) is 0.640. The largest absolute Gasteiger partial charge is 0.364 e. The third kappa shape index (κ3) is 4.49. The second kappa shape index (κ2) is 7.63. The third-order valence-electron chi connectivity index (χ3n) is 2.35. The molecule has 0 aromatic heterocycles. The average Bonchev–Trinajstić information content (AvgIpc) is 2.26. The Labute approximate surface area is 103 Å². The van der Waals surface area contributed by atoms with Crippen LogP contribution in [-0.4, -0.2) is 29.7 Å². The lowest BCUT2D eigenvalue weighted by Gasteiger charge is -2.27. The van der Waals surface area contributed by atoms with E-state index in [1.165, 1.54) is 5.06 Å². The smallest absolute Gasteiger partial charge is 0.136 e. The van der Waals surface area contributed by atoms with Gasteiger partial charge >= 0.3 is 0 Å². The summed E-state index contributed by atoms with van der Waals surface area (Å²) in [6.45, 7) is 3.86. The van der Waals surface area contributed by atoms with Crippen molar-refractivity contribution in [3.05, 3.63) is 35.9 Å². The van der Waals surface area contributed by atoms with Crippen molar-refractivity contribution in [3.8, 4) is 0 Å². The van der Waals surface area contributed by atoms with Gasteiger partial charge in [-0.25, -0.2) is 0 Å². The summed E-state index contributed by atoms with van der Waals surface area (Å²) < 4.78 is 5.25. The number of rotatable bonds is 5. The first-order chi connectivity index (χ1) is 7.15. The van der Waals surface area contributed by atoms with Crippen LogP contribution in [0.15, 0.2) is 30.3 Å². The maximum Gasteiger partial charge on any atom is 0.136 e. The number of benzene rings is 1.